The highest BCUT2D eigenvalue weighted by Gasteiger charge is 2.22. The summed E-state index contributed by atoms with van der Waals surface area (Å²) in [5.74, 6) is -1.02. The van der Waals surface area contributed by atoms with Gasteiger partial charge in [0, 0.05) is 12.7 Å². The Kier molecular flexibility index (Phi) is 9.64. The molecule has 0 spiro atoms. The topological polar surface area (TPSA) is 100 Å². The van der Waals surface area contributed by atoms with Crippen LogP contribution in [0.15, 0.2) is 12.2 Å². The van der Waals surface area contributed by atoms with Gasteiger partial charge in [0.05, 0.1) is 19.6 Å². The first-order valence-corrected chi connectivity index (χ1v) is 7.12. The number of carbonyl (C=O) groups is 3. The highest BCUT2D eigenvalue weighted by molar-refractivity contribution is 5.86. The number of alkyl carbamates (subject to hydrolysis) is 1. The molecule has 1 N–H and O–H groups in total. The number of hydrogen-bond donors (Lipinski definition) is 1. The van der Waals surface area contributed by atoms with E-state index in [2.05, 4.69) is 11.9 Å². The van der Waals surface area contributed by atoms with Crippen LogP contribution in [0.2, 0.25) is 0 Å². The van der Waals surface area contributed by atoms with Crippen LogP contribution in [0.3, 0.4) is 0 Å². The molecule has 0 aromatic rings. The van der Waals surface area contributed by atoms with Crippen molar-refractivity contribution in [2.45, 2.75) is 32.8 Å². The molecule has 8 heteroatoms. The molecule has 0 aromatic heterocycles. The van der Waals surface area contributed by atoms with Crippen molar-refractivity contribution in [1.82, 2.24) is 5.32 Å². The molecule has 0 rings (SSSR count). The fraction of sp³-hybridized carbons (Fsp3) is 0.667. The SMILES string of the molecule is C=C(C)C(=O)OCCNC(=O)OCCC(=O)OC(C)(C)COC. The molecule has 0 aliphatic carbocycles. The smallest absolute Gasteiger partial charge is 0.407 e. The lowest BCUT2D eigenvalue weighted by molar-refractivity contribution is -0.161. The predicted octanol–water partition coefficient (Wildman–Crippen LogP) is 1.19. The van der Waals surface area contributed by atoms with Gasteiger partial charge in [0.2, 0.25) is 0 Å². The molecule has 23 heavy (non-hydrogen) atoms. The van der Waals surface area contributed by atoms with Gasteiger partial charge in [0.15, 0.2) is 0 Å². The van der Waals surface area contributed by atoms with Crippen molar-refractivity contribution in [2.24, 2.45) is 0 Å². The van der Waals surface area contributed by atoms with E-state index in [1.807, 2.05) is 0 Å². The first-order valence-electron chi connectivity index (χ1n) is 7.12. The summed E-state index contributed by atoms with van der Waals surface area (Å²) in [5.41, 5.74) is -0.455. The molecule has 132 valence electrons. The summed E-state index contributed by atoms with van der Waals surface area (Å²) in [4.78, 5) is 34.0. The van der Waals surface area contributed by atoms with Crippen molar-refractivity contribution >= 4 is 18.0 Å². The van der Waals surface area contributed by atoms with Crippen LogP contribution < -0.4 is 5.32 Å². The van der Waals surface area contributed by atoms with Crippen molar-refractivity contribution in [2.75, 3.05) is 33.5 Å². The summed E-state index contributed by atoms with van der Waals surface area (Å²) >= 11 is 0. The molecule has 0 fully saturated rings. The van der Waals surface area contributed by atoms with E-state index in [4.69, 9.17) is 18.9 Å². The Morgan fingerprint density at radius 3 is 2.35 bits per heavy atom. The number of hydrogen-bond acceptors (Lipinski definition) is 7. The van der Waals surface area contributed by atoms with Gasteiger partial charge in [0.25, 0.3) is 0 Å². The van der Waals surface area contributed by atoms with Gasteiger partial charge in [-0.25, -0.2) is 9.59 Å². The number of nitrogens with one attached hydrogen (secondary N) is 1. The molecule has 8 nitrogen and oxygen atoms in total. The first-order chi connectivity index (χ1) is 10.7. The van der Waals surface area contributed by atoms with Crippen LogP contribution in [0.4, 0.5) is 4.79 Å². The summed E-state index contributed by atoms with van der Waals surface area (Å²) in [6, 6.07) is 0. The van der Waals surface area contributed by atoms with Crippen LogP contribution in [-0.4, -0.2) is 57.1 Å². The second-order valence-electron chi connectivity index (χ2n) is 5.40. The number of carbonyl (C=O) groups excluding carboxylic acids is 3. The second-order valence-corrected chi connectivity index (χ2v) is 5.40. The minimum atomic E-state index is -0.735. The molecule has 0 saturated carbocycles. The molecule has 0 bridgehead atoms. The third kappa shape index (κ3) is 11.2. The lowest BCUT2D eigenvalue weighted by Gasteiger charge is -2.23. The molecule has 0 aliphatic rings. The number of esters is 2. The summed E-state index contributed by atoms with van der Waals surface area (Å²) < 4.78 is 19.7. The summed E-state index contributed by atoms with van der Waals surface area (Å²) in [7, 11) is 1.51. The average molecular weight is 331 g/mol. The Hall–Kier alpha value is -2.09. The van der Waals surface area contributed by atoms with Crippen LogP contribution in [-0.2, 0) is 28.5 Å². The minimum Gasteiger partial charge on any atom is -0.460 e. The highest BCUT2D eigenvalue weighted by Crippen LogP contribution is 2.10. The predicted molar refractivity (Wildman–Crippen MR) is 81.8 cm³/mol. The maximum atomic E-state index is 11.6. The van der Waals surface area contributed by atoms with Crippen molar-refractivity contribution in [3.05, 3.63) is 12.2 Å². The monoisotopic (exact) mass is 331 g/mol. The number of amides is 1. The zero-order valence-electron chi connectivity index (χ0n) is 14.1. The normalized spacial score (nSPS) is 10.6. The van der Waals surface area contributed by atoms with E-state index in [-0.39, 0.29) is 38.4 Å². The Morgan fingerprint density at radius 1 is 1.13 bits per heavy atom. The largest absolute Gasteiger partial charge is 0.460 e. The number of ether oxygens (including phenoxy) is 4. The number of rotatable bonds is 10. The van der Waals surface area contributed by atoms with Gasteiger partial charge >= 0.3 is 18.0 Å². The molecule has 0 radical (unpaired) electrons. The average Bonchev–Trinajstić information content (AvgIpc) is 2.42. The maximum Gasteiger partial charge on any atom is 0.407 e. The summed E-state index contributed by atoms with van der Waals surface area (Å²) in [5, 5.41) is 2.38. The molecule has 1 amide bonds. The third-order valence-electron chi connectivity index (χ3n) is 2.37. The van der Waals surface area contributed by atoms with Crippen molar-refractivity contribution in [3.63, 3.8) is 0 Å². The van der Waals surface area contributed by atoms with Gasteiger partial charge in [-0.2, -0.15) is 0 Å². The minimum absolute atomic E-state index is 0.00798. The maximum absolute atomic E-state index is 11.6. The lowest BCUT2D eigenvalue weighted by Crippen LogP contribution is -2.34. The van der Waals surface area contributed by atoms with E-state index < -0.39 is 23.6 Å². The quantitative estimate of drug-likeness (QED) is 0.278. The third-order valence-corrected chi connectivity index (χ3v) is 2.37. The van der Waals surface area contributed by atoms with Gasteiger partial charge < -0.3 is 24.3 Å². The molecule has 0 atom stereocenters. The van der Waals surface area contributed by atoms with Gasteiger partial charge in [0.1, 0.15) is 18.8 Å². The van der Waals surface area contributed by atoms with E-state index in [1.165, 1.54) is 14.0 Å². The van der Waals surface area contributed by atoms with Crippen LogP contribution in [0.1, 0.15) is 27.2 Å². The standard InChI is InChI=1S/C15H25NO7/c1-11(2)13(18)21-9-7-16-14(19)22-8-6-12(17)23-15(3,4)10-20-5/h1,6-10H2,2-5H3,(H,16,19). The summed E-state index contributed by atoms with van der Waals surface area (Å²) in [6.45, 7) is 8.65. The van der Waals surface area contributed by atoms with Crippen LogP contribution in [0, 0.1) is 0 Å². The van der Waals surface area contributed by atoms with Crippen molar-refractivity contribution in [1.29, 1.82) is 0 Å². The molecule has 0 aromatic carbocycles. The van der Waals surface area contributed by atoms with Crippen molar-refractivity contribution < 1.29 is 33.3 Å². The van der Waals surface area contributed by atoms with Crippen molar-refractivity contribution in [3.8, 4) is 0 Å². The number of methoxy groups -OCH3 is 1. The highest BCUT2D eigenvalue weighted by atomic mass is 16.6. The van der Waals surface area contributed by atoms with E-state index in [1.54, 1.807) is 13.8 Å². The Labute approximate surface area is 136 Å². The Balaban J connectivity index is 3.76. The van der Waals surface area contributed by atoms with Crippen LogP contribution >= 0.6 is 0 Å². The second kappa shape index (κ2) is 10.6. The van der Waals surface area contributed by atoms with E-state index >= 15 is 0 Å². The fourth-order valence-corrected chi connectivity index (χ4v) is 1.43. The zero-order valence-corrected chi connectivity index (χ0v) is 14.1. The molecular formula is C15H25NO7. The first kappa shape index (κ1) is 20.9. The molecule has 0 saturated heterocycles. The van der Waals surface area contributed by atoms with Gasteiger partial charge in [-0.05, 0) is 20.8 Å². The van der Waals surface area contributed by atoms with Crippen LogP contribution in [0.5, 0.6) is 0 Å². The molecule has 0 heterocycles. The molecule has 0 aliphatic heterocycles. The Bertz CT molecular complexity index is 432. The van der Waals surface area contributed by atoms with Gasteiger partial charge in [-0.1, -0.05) is 6.58 Å². The van der Waals surface area contributed by atoms with E-state index in [0.29, 0.717) is 0 Å². The summed E-state index contributed by atoms with van der Waals surface area (Å²) in [6.07, 6.45) is -0.772. The van der Waals surface area contributed by atoms with E-state index in [9.17, 15) is 14.4 Å². The lowest BCUT2D eigenvalue weighted by atomic mass is 10.1. The Morgan fingerprint density at radius 2 is 1.78 bits per heavy atom. The van der Waals surface area contributed by atoms with Gasteiger partial charge in [-0.3, -0.25) is 4.79 Å². The zero-order chi connectivity index (χ0) is 17.9. The van der Waals surface area contributed by atoms with E-state index in [0.717, 1.165) is 0 Å². The molecule has 0 unspecified atom stereocenters. The van der Waals surface area contributed by atoms with Crippen LogP contribution in [0.25, 0.3) is 0 Å². The van der Waals surface area contributed by atoms with Gasteiger partial charge in [-0.15, -0.1) is 0 Å². The molecular weight excluding hydrogens is 306 g/mol. The fourth-order valence-electron chi connectivity index (χ4n) is 1.43.